The number of H-pyrrole nitrogens is 1. The van der Waals surface area contributed by atoms with Gasteiger partial charge in [0.05, 0.1) is 5.59 Å². The second-order valence-corrected chi connectivity index (χ2v) is 4.03. The van der Waals surface area contributed by atoms with Crippen molar-refractivity contribution in [3.63, 3.8) is 0 Å². The van der Waals surface area contributed by atoms with Gasteiger partial charge in [0, 0.05) is 18.4 Å². The summed E-state index contributed by atoms with van der Waals surface area (Å²) in [6, 6.07) is 1.91. The molecule has 1 N–H and O–H groups in total. The van der Waals surface area contributed by atoms with Crippen LogP contribution in [0.5, 0.6) is 0 Å². The van der Waals surface area contributed by atoms with E-state index >= 15 is 0 Å². The van der Waals surface area contributed by atoms with Crippen molar-refractivity contribution >= 4 is 12.7 Å². The number of aromatic amines is 1. The van der Waals surface area contributed by atoms with E-state index in [1.54, 1.807) is 6.20 Å². The zero-order valence-electron chi connectivity index (χ0n) is 7.98. The van der Waals surface area contributed by atoms with Crippen LogP contribution in [0.1, 0.15) is 25.7 Å². The van der Waals surface area contributed by atoms with Crippen molar-refractivity contribution in [1.82, 2.24) is 10.2 Å². The highest BCUT2D eigenvalue weighted by atomic mass is 16.6. The van der Waals surface area contributed by atoms with Crippen LogP contribution < -0.4 is 5.59 Å². The van der Waals surface area contributed by atoms with Crippen molar-refractivity contribution < 1.29 is 9.31 Å². The van der Waals surface area contributed by atoms with E-state index in [4.69, 9.17) is 9.31 Å². The van der Waals surface area contributed by atoms with Gasteiger partial charge in [-0.15, -0.1) is 0 Å². The van der Waals surface area contributed by atoms with Gasteiger partial charge in [0.1, 0.15) is 0 Å². The Balaban J connectivity index is 1.77. The minimum Gasteiger partial charge on any atom is -0.403 e. The summed E-state index contributed by atoms with van der Waals surface area (Å²) in [5, 5.41) is 6.80. The lowest BCUT2D eigenvalue weighted by atomic mass is 9.79. The molecule has 1 saturated heterocycles. The van der Waals surface area contributed by atoms with Gasteiger partial charge >= 0.3 is 7.12 Å². The number of fused-ring (bicyclic) bond motifs is 2. The van der Waals surface area contributed by atoms with Gasteiger partial charge in [-0.05, 0) is 31.7 Å². The molecule has 0 unspecified atom stereocenters. The number of hydrogen-bond donors (Lipinski definition) is 1. The van der Waals surface area contributed by atoms with Crippen molar-refractivity contribution in [1.29, 1.82) is 0 Å². The van der Waals surface area contributed by atoms with Crippen LogP contribution >= 0.6 is 0 Å². The second kappa shape index (κ2) is 3.40. The fourth-order valence-corrected chi connectivity index (χ4v) is 2.28. The summed E-state index contributed by atoms with van der Waals surface area (Å²) >= 11 is 0. The predicted octanol–water partition coefficient (Wildman–Crippen LogP) is 0.463. The summed E-state index contributed by atoms with van der Waals surface area (Å²) in [5.41, 5.74) is 0.932. The van der Waals surface area contributed by atoms with Crippen molar-refractivity contribution in [3.05, 3.63) is 12.3 Å². The molecule has 2 bridgehead atoms. The monoisotopic (exact) mass is 192 g/mol. The average molecular weight is 192 g/mol. The van der Waals surface area contributed by atoms with E-state index in [0.717, 1.165) is 12.0 Å². The molecule has 4 nitrogen and oxygen atoms in total. The normalized spacial score (nSPS) is 31.9. The third-order valence-corrected chi connectivity index (χ3v) is 2.99. The summed E-state index contributed by atoms with van der Waals surface area (Å²) in [7, 11) is -0.221. The summed E-state index contributed by atoms with van der Waals surface area (Å²) in [6.07, 6.45) is 7.13. The van der Waals surface area contributed by atoms with E-state index in [1.807, 2.05) is 6.07 Å². The van der Waals surface area contributed by atoms with Crippen LogP contribution in [0.2, 0.25) is 0 Å². The zero-order chi connectivity index (χ0) is 9.38. The van der Waals surface area contributed by atoms with Gasteiger partial charge in [-0.2, -0.15) is 5.10 Å². The molecule has 74 valence electrons. The molecule has 1 aromatic rings. The van der Waals surface area contributed by atoms with E-state index in [1.165, 1.54) is 19.3 Å². The molecule has 14 heavy (non-hydrogen) atoms. The molecule has 2 aliphatic rings. The van der Waals surface area contributed by atoms with Crippen molar-refractivity contribution in [2.24, 2.45) is 0 Å². The van der Waals surface area contributed by atoms with Gasteiger partial charge in [0.15, 0.2) is 0 Å². The Kier molecular flexibility index (Phi) is 2.07. The number of rotatable bonds is 1. The van der Waals surface area contributed by atoms with E-state index in [2.05, 4.69) is 10.2 Å². The first-order valence-electron chi connectivity index (χ1n) is 5.22. The molecule has 2 heterocycles. The van der Waals surface area contributed by atoms with Crippen molar-refractivity contribution in [3.8, 4) is 0 Å². The van der Waals surface area contributed by atoms with Crippen LogP contribution in [0.25, 0.3) is 0 Å². The molecule has 1 aliphatic carbocycles. The van der Waals surface area contributed by atoms with Gasteiger partial charge in [-0.25, -0.2) is 0 Å². The van der Waals surface area contributed by atoms with Crippen molar-refractivity contribution in [2.45, 2.75) is 37.9 Å². The van der Waals surface area contributed by atoms with Gasteiger partial charge in [0.2, 0.25) is 0 Å². The van der Waals surface area contributed by atoms with Crippen molar-refractivity contribution in [2.75, 3.05) is 0 Å². The predicted molar refractivity (Wildman–Crippen MR) is 52.2 cm³/mol. The number of nitrogens with one attached hydrogen (secondary N) is 1. The van der Waals surface area contributed by atoms with Gasteiger partial charge in [-0.1, -0.05) is 0 Å². The standard InChI is InChI=1S/C9H13BN2O2/c1-2-7-6-8(3-1)14-10(13-7)9-4-5-11-12-9/h4-5,7-8H,1-3,6H2,(H,11,12)/t7-,8-/m1/s1. The van der Waals surface area contributed by atoms with Crippen LogP contribution in [0.4, 0.5) is 0 Å². The van der Waals surface area contributed by atoms with Gasteiger partial charge in [0.25, 0.3) is 0 Å². The van der Waals surface area contributed by atoms with Crippen LogP contribution in [-0.4, -0.2) is 29.5 Å². The lowest BCUT2D eigenvalue weighted by molar-refractivity contribution is -0.0105. The van der Waals surface area contributed by atoms with Gasteiger partial charge < -0.3 is 9.31 Å². The Morgan fingerprint density at radius 3 is 2.79 bits per heavy atom. The summed E-state index contributed by atoms with van der Waals surface area (Å²) in [4.78, 5) is 0. The van der Waals surface area contributed by atoms with Crippen LogP contribution in [0, 0.1) is 0 Å². The Labute approximate surface area is 83.1 Å². The van der Waals surface area contributed by atoms with Gasteiger partial charge in [-0.3, -0.25) is 5.10 Å². The van der Waals surface area contributed by atoms with E-state index < -0.39 is 0 Å². The van der Waals surface area contributed by atoms with Crippen LogP contribution in [0.15, 0.2) is 12.3 Å². The zero-order valence-corrected chi connectivity index (χ0v) is 7.98. The smallest absolute Gasteiger partial charge is 0.403 e. The number of nitrogens with zero attached hydrogens (tertiary/aromatic N) is 1. The number of aromatic nitrogens is 2. The first-order valence-corrected chi connectivity index (χ1v) is 5.22. The molecule has 0 spiro atoms. The minimum absolute atomic E-state index is 0.221. The fourth-order valence-electron chi connectivity index (χ4n) is 2.28. The molecule has 2 fully saturated rings. The molecular weight excluding hydrogens is 179 g/mol. The molecule has 0 aromatic carbocycles. The quantitative estimate of drug-likeness (QED) is 0.657. The molecule has 1 saturated carbocycles. The maximum Gasteiger partial charge on any atom is 0.513 e. The molecule has 3 rings (SSSR count). The topological polar surface area (TPSA) is 47.1 Å². The minimum atomic E-state index is -0.221. The largest absolute Gasteiger partial charge is 0.513 e. The fraction of sp³-hybridized carbons (Fsp3) is 0.667. The Bertz CT molecular complexity index is 292. The molecular formula is C9H13BN2O2. The SMILES string of the molecule is c1cc(B2O[C@@H]3CCC[C@H](C3)O2)[nH]n1. The Hall–Kier alpha value is -0.805. The molecule has 5 heteroatoms. The van der Waals surface area contributed by atoms with E-state index in [-0.39, 0.29) is 7.12 Å². The van der Waals surface area contributed by atoms with E-state index in [0.29, 0.717) is 12.2 Å². The Morgan fingerprint density at radius 1 is 1.36 bits per heavy atom. The Morgan fingerprint density at radius 2 is 2.14 bits per heavy atom. The maximum atomic E-state index is 5.81. The van der Waals surface area contributed by atoms with E-state index in [9.17, 15) is 0 Å². The average Bonchev–Trinajstić information content (AvgIpc) is 2.69. The summed E-state index contributed by atoms with van der Waals surface area (Å²) in [6.45, 7) is 0. The third kappa shape index (κ3) is 1.46. The first kappa shape index (κ1) is 8.50. The maximum absolute atomic E-state index is 5.81. The molecule has 1 aliphatic heterocycles. The highest BCUT2D eigenvalue weighted by molar-refractivity contribution is 6.60. The lowest BCUT2D eigenvalue weighted by Crippen LogP contribution is -2.50. The van der Waals surface area contributed by atoms with Crippen LogP contribution in [0.3, 0.4) is 0 Å². The third-order valence-electron chi connectivity index (χ3n) is 2.99. The molecule has 0 amide bonds. The number of hydrogen-bond acceptors (Lipinski definition) is 3. The highest BCUT2D eigenvalue weighted by Gasteiger charge is 2.38. The lowest BCUT2D eigenvalue weighted by Gasteiger charge is -2.37. The summed E-state index contributed by atoms with van der Waals surface area (Å²) < 4.78 is 11.6. The molecule has 0 radical (unpaired) electrons. The first-order chi connectivity index (χ1) is 6.92. The second-order valence-electron chi connectivity index (χ2n) is 4.03. The molecule has 2 atom stereocenters. The summed E-state index contributed by atoms with van der Waals surface area (Å²) in [5.74, 6) is 0. The molecule has 1 aromatic heterocycles. The van der Waals surface area contributed by atoms with Crippen LogP contribution in [-0.2, 0) is 9.31 Å². The highest BCUT2D eigenvalue weighted by Crippen LogP contribution is 2.28.